The molecule has 1 N–H and O–H groups in total. The first-order valence-corrected chi connectivity index (χ1v) is 7.03. The summed E-state index contributed by atoms with van der Waals surface area (Å²) in [5.41, 5.74) is 0.823. The average Bonchev–Trinajstić information content (AvgIpc) is 3.18. The molecular weight excluding hydrogens is 322 g/mol. The molecule has 1 aliphatic heterocycles. The Bertz CT molecular complexity index is 434. The predicted octanol–water partition coefficient (Wildman–Crippen LogP) is 3.68. The van der Waals surface area contributed by atoms with Crippen LogP contribution in [-0.2, 0) is 0 Å². The van der Waals surface area contributed by atoms with Crippen LogP contribution in [0.5, 0.6) is 0 Å². The smallest absolute Gasteiger partial charge is 0.129 e. The second kappa shape index (κ2) is 7.81. The predicted molar refractivity (Wildman–Crippen MR) is 85.8 cm³/mol. The van der Waals surface area contributed by atoms with Crippen LogP contribution in [0, 0.1) is 11.7 Å². The number of hydrogen-bond donors (Lipinski definition) is 1. The summed E-state index contributed by atoms with van der Waals surface area (Å²) < 4.78 is 14.1. The molecule has 2 nitrogen and oxygen atoms in total. The lowest BCUT2D eigenvalue weighted by Gasteiger charge is -2.35. The minimum absolute atomic E-state index is 0. The molecular formula is C14H20Cl3FN2. The molecule has 0 spiro atoms. The minimum atomic E-state index is -0.155. The van der Waals surface area contributed by atoms with Crippen LogP contribution in [0.2, 0.25) is 5.02 Å². The lowest BCUT2D eigenvalue weighted by molar-refractivity contribution is 0.153. The van der Waals surface area contributed by atoms with E-state index < -0.39 is 0 Å². The van der Waals surface area contributed by atoms with Gasteiger partial charge in [0.2, 0.25) is 0 Å². The fourth-order valence-electron chi connectivity index (χ4n) is 2.86. The Balaban J connectivity index is 0.000001000. The third-order valence-corrected chi connectivity index (χ3v) is 4.13. The summed E-state index contributed by atoms with van der Waals surface area (Å²) in [4.78, 5) is 2.42. The van der Waals surface area contributed by atoms with E-state index in [1.54, 1.807) is 6.07 Å². The Hall–Kier alpha value is -0.0600. The summed E-state index contributed by atoms with van der Waals surface area (Å²) in [5.74, 6) is 0.469. The summed E-state index contributed by atoms with van der Waals surface area (Å²) in [5, 5.41) is 3.83. The highest BCUT2D eigenvalue weighted by Crippen LogP contribution is 2.45. The van der Waals surface area contributed by atoms with Gasteiger partial charge in [-0.15, -0.1) is 24.8 Å². The third kappa shape index (κ3) is 3.99. The number of halogens is 4. The van der Waals surface area contributed by atoms with Crippen LogP contribution in [0.3, 0.4) is 0 Å². The zero-order valence-corrected chi connectivity index (χ0v) is 13.5. The highest BCUT2D eigenvalue weighted by Gasteiger charge is 2.37. The van der Waals surface area contributed by atoms with Gasteiger partial charge in [0.05, 0.1) is 0 Å². The van der Waals surface area contributed by atoms with Gasteiger partial charge in [-0.25, -0.2) is 4.39 Å². The lowest BCUT2D eigenvalue weighted by Crippen LogP contribution is -2.45. The average molecular weight is 342 g/mol. The maximum atomic E-state index is 14.1. The topological polar surface area (TPSA) is 15.3 Å². The van der Waals surface area contributed by atoms with Crippen molar-refractivity contribution in [2.24, 2.45) is 5.92 Å². The second-order valence-electron chi connectivity index (χ2n) is 5.23. The van der Waals surface area contributed by atoms with Gasteiger partial charge in [0.1, 0.15) is 5.82 Å². The van der Waals surface area contributed by atoms with Crippen LogP contribution in [0.25, 0.3) is 0 Å². The molecule has 0 bridgehead atoms. The molecule has 2 fully saturated rings. The highest BCUT2D eigenvalue weighted by atomic mass is 35.5. The maximum absolute atomic E-state index is 14.1. The van der Waals surface area contributed by atoms with Crippen molar-refractivity contribution in [2.75, 3.05) is 26.2 Å². The summed E-state index contributed by atoms with van der Waals surface area (Å²) in [6.45, 7) is 4.00. The van der Waals surface area contributed by atoms with Gasteiger partial charge < -0.3 is 5.32 Å². The first-order valence-electron chi connectivity index (χ1n) is 6.65. The van der Waals surface area contributed by atoms with Crippen molar-refractivity contribution in [1.82, 2.24) is 10.2 Å². The monoisotopic (exact) mass is 340 g/mol. The molecule has 1 aromatic carbocycles. The van der Waals surface area contributed by atoms with Gasteiger partial charge in [-0.05, 0) is 30.9 Å². The fraction of sp³-hybridized carbons (Fsp3) is 0.571. The molecule has 2 aliphatic rings. The third-order valence-electron chi connectivity index (χ3n) is 3.89. The number of benzene rings is 1. The molecule has 1 atom stereocenters. The zero-order valence-electron chi connectivity index (χ0n) is 11.1. The normalized spacial score (nSPS) is 20.7. The molecule has 1 aliphatic carbocycles. The molecule has 0 aromatic heterocycles. The van der Waals surface area contributed by atoms with Gasteiger partial charge in [-0.3, -0.25) is 4.90 Å². The van der Waals surface area contributed by atoms with Crippen molar-refractivity contribution in [3.63, 3.8) is 0 Å². The van der Waals surface area contributed by atoms with Gasteiger partial charge in [-0.1, -0.05) is 17.7 Å². The number of nitrogens with zero attached hydrogens (tertiary/aromatic N) is 1. The SMILES string of the molecule is Cl.Cl.Fc1cc(Cl)ccc1[C@@H](C1CC1)N1CCNCC1. The summed E-state index contributed by atoms with van der Waals surface area (Å²) in [6.07, 6.45) is 2.44. The molecule has 1 heterocycles. The Kier molecular flexibility index (Phi) is 7.02. The van der Waals surface area contributed by atoms with Gasteiger partial charge >= 0.3 is 0 Å². The summed E-state index contributed by atoms with van der Waals surface area (Å²) >= 11 is 5.84. The maximum Gasteiger partial charge on any atom is 0.129 e. The Morgan fingerprint density at radius 2 is 1.85 bits per heavy atom. The van der Waals surface area contributed by atoms with Crippen LogP contribution >= 0.6 is 36.4 Å². The van der Waals surface area contributed by atoms with Gasteiger partial charge in [0.25, 0.3) is 0 Å². The molecule has 3 rings (SSSR count). The first kappa shape index (κ1) is 18.0. The van der Waals surface area contributed by atoms with Crippen molar-refractivity contribution in [1.29, 1.82) is 0 Å². The van der Waals surface area contributed by atoms with E-state index in [-0.39, 0.29) is 36.7 Å². The molecule has 0 radical (unpaired) electrons. The molecule has 6 heteroatoms. The Labute approximate surface area is 136 Å². The number of hydrogen-bond acceptors (Lipinski definition) is 2. The van der Waals surface area contributed by atoms with Crippen LogP contribution in [0.15, 0.2) is 18.2 Å². The Morgan fingerprint density at radius 1 is 1.20 bits per heavy atom. The molecule has 114 valence electrons. The first-order chi connectivity index (χ1) is 8.75. The summed E-state index contributed by atoms with van der Waals surface area (Å²) in [6, 6.07) is 5.35. The number of rotatable bonds is 3. The lowest BCUT2D eigenvalue weighted by atomic mass is 9.99. The van der Waals surface area contributed by atoms with E-state index in [4.69, 9.17) is 11.6 Å². The second-order valence-corrected chi connectivity index (χ2v) is 5.67. The van der Waals surface area contributed by atoms with Crippen LogP contribution in [0.4, 0.5) is 4.39 Å². The van der Waals surface area contributed by atoms with E-state index in [1.165, 1.54) is 18.9 Å². The van der Waals surface area contributed by atoms with Crippen LogP contribution in [-0.4, -0.2) is 31.1 Å². The van der Waals surface area contributed by atoms with Crippen molar-refractivity contribution in [2.45, 2.75) is 18.9 Å². The van der Waals surface area contributed by atoms with Gasteiger partial charge in [0.15, 0.2) is 0 Å². The Morgan fingerprint density at radius 3 is 2.40 bits per heavy atom. The fourth-order valence-corrected chi connectivity index (χ4v) is 3.02. The van der Waals surface area contributed by atoms with Crippen molar-refractivity contribution < 1.29 is 4.39 Å². The van der Waals surface area contributed by atoms with Crippen molar-refractivity contribution in [3.8, 4) is 0 Å². The number of nitrogens with one attached hydrogen (secondary N) is 1. The van der Waals surface area contributed by atoms with E-state index in [9.17, 15) is 4.39 Å². The largest absolute Gasteiger partial charge is 0.314 e. The van der Waals surface area contributed by atoms with Crippen molar-refractivity contribution >= 4 is 36.4 Å². The van der Waals surface area contributed by atoms with Crippen LogP contribution < -0.4 is 5.32 Å². The molecule has 1 aromatic rings. The highest BCUT2D eigenvalue weighted by molar-refractivity contribution is 6.30. The van der Waals surface area contributed by atoms with E-state index in [0.717, 1.165) is 31.7 Å². The number of piperazine rings is 1. The molecule has 0 unspecified atom stereocenters. The molecule has 20 heavy (non-hydrogen) atoms. The molecule has 1 saturated heterocycles. The van der Waals surface area contributed by atoms with E-state index in [1.807, 2.05) is 6.07 Å². The van der Waals surface area contributed by atoms with Crippen molar-refractivity contribution in [3.05, 3.63) is 34.6 Å². The van der Waals surface area contributed by atoms with E-state index in [0.29, 0.717) is 10.9 Å². The standard InChI is InChI=1S/C14H18ClFN2.2ClH/c15-11-3-4-12(13(16)9-11)14(10-1-2-10)18-7-5-17-6-8-18;;/h3-4,9-10,14,17H,1-2,5-8H2;2*1H/t14-;;/m1../s1. The van der Waals surface area contributed by atoms with Crippen LogP contribution in [0.1, 0.15) is 24.4 Å². The quantitative estimate of drug-likeness (QED) is 0.902. The van der Waals surface area contributed by atoms with E-state index in [2.05, 4.69) is 10.2 Å². The van der Waals surface area contributed by atoms with Gasteiger partial charge in [-0.2, -0.15) is 0 Å². The van der Waals surface area contributed by atoms with E-state index >= 15 is 0 Å². The molecule has 1 saturated carbocycles. The minimum Gasteiger partial charge on any atom is -0.314 e. The zero-order chi connectivity index (χ0) is 12.5. The molecule has 0 amide bonds. The van der Waals surface area contributed by atoms with Gasteiger partial charge in [0, 0.05) is 42.8 Å². The summed E-state index contributed by atoms with van der Waals surface area (Å²) in [7, 11) is 0.